The van der Waals surface area contributed by atoms with E-state index in [1.165, 1.54) is 38.5 Å². The van der Waals surface area contributed by atoms with E-state index in [0.717, 1.165) is 13.3 Å². The van der Waals surface area contributed by atoms with Crippen LogP contribution in [-0.4, -0.2) is 18.8 Å². The van der Waals surface area contributed by atoms with Gasteiger partial charge in [-0.05, 0) is 0 Å². The molecule has 0 amide bonds. The van der Waals surface area contributed by atoms with Crippen molar-refractivity contribution in [2.75, 3.05) is 0 Å². The summed E-state index contributed by atoms with van der Waals surface area (Å²) >= 11 is 28.3. The Balaban J connectivity index is 2.91. The minimum absolute atomic E-state index is 0.176. The molecule has 1 aromatic carbocycles. The molecule has 0 saturated carbocycles. The maximum absolute atomic E-state index is 6.52. The van der Waals surface area contributed by atoms with Crippen LogP contribution in [0, 0.1) is 0 Å². The van der Waals surface area contributed by atoms with E-state index in [-0.39, 0.29) is 25.1 Å². The fraction of sp³-hybridized carbons (Fsp3) is 0.667. The van der Waals surface area contributed by atoms with Gasteiger partial charge >= 0.3 is 183 Å². The average Bonchev–Trinajstić information content (AvgIpc) is 2.63. The second-order valence-electron chi connectivity index (χ2n) is 6.41. The molecule has 0 N–H and O–H groups in total. The van der Waals surface area contributed by atoms with Gasteiger partial charge in [-0.3, -0.25) is 0 Å². The van der Waals surface area contributed by atoms with Crippen LogP contribution >= 0.6 is 58.0 Å². The van der Waals surface area contributed by atoms with Gasteiger partial charge in [0.25, 0.3) is 0 Å². The third-order valence-corrected chi connectivity index (χ3v) is 19.8. The molecule has 144 valence electrons. The molecule has 0 heterocycles. The SMILES string of the molecule is CCCCCCC[CH2][Sn]([CH2]C)([CH2]C)[O]c1c(Cl)c(Cl)c(Cl)c(Cl)c1Cl. The third kappa shape index (κ3) is 6.68. The van der Waals surface area contributed by atoms with Crippen molar-refractivity contribution in [3.05, 3.63) is 25.1 Å². The van der Waals surface area contributed by atoms with E-state index in [2.05, 4.69) is 20.8 Å². The van der Waals surface area contributed by atoms with Gasteiger partial charge < -0.3 is 0 Å². The molecule has 0 bridgehead atoms. The quantitative estimate of drug-likeness (QED) is 0.114. The predicted octanol–water partition coefficient (Wildman–Crippen LogP) is 9.68. The molecule has 1 aromatic rings. The minimum atomic E-state index is -2.86. The van der Waals surface area contributed by atoms with Crippen LogP contribution in [0.25, 0.3) is 0 Å². The van der Waals surface area contributed by atoms with Crippen molar-refractivity contribution < 1.29 is 3.07 Å². The standard InChI is InChI=1S/C8H17.C6HCl5O.2C2H5.Sn/c1-3-5-7-8-6-4-2;7-1-2(8)4(10)6(12)5(11)3(1)9;2*1-2;/h1,3-8H2,2H3;12H;2*1H2,2H3;/q;;;;+1/p-1. The van der Waals surface area contributed by atoms with Crippen LogP contribution in [0.4, 0.5) is 0 Å². The summed E-state index contributed by atoms with van der Waals surface area (Å²) in [6, 6.07) is 0. The van der Waals surface area contributed by atoms with Crippen molar-refractivity contribution in [2.45, 2.75) is 72.6 Å². The van der Waals surface area contributed by atoms with Gasteiger partial charge in [0.2, 0.25) is 0 Å². The molecule has 1 rings (SSSR count). The molecule has 0 aromatic heterocycles. The molecule has 0 spiro atoms. The van der Waals surface area contributed by atoms with E-state index in [4.69, 9.17) is 61.1 Å². The molecule has 0 saturated heterocycles. The van der Waals surface area contributed by atoms with Crippen molar-refractivity contribution in [1.82, 2.24) is 0 Å². The molecular weight excluding hydrogens is 528 g/mol. The monoisotopic (exact) mass is 554 g/mol. The molecular formula is C18H27Cl5OSn. The zero-order valence-corrected chi connectivity index (χ0v) is 21.8. The van der Waals surface area contributed by atoms with E-state index in [9.17, 15) is 0 Å². The van der Waals surface area contributed by atoms with Crippen LogP contribution in [0.5, 0.6) is 5.75 Å². The first-order valence-corrected chi connectivity index (χ1v) is 18.1. The van der Waals surface area contributed by atoms with Crippen molar-refractivity contribution in [1.29, 1.82) is 0 Å². The second-order valence-corrected chi connectivity index (χ2v) is 21.1. The molecule has 7 heteroatoms. The molecule has 1 nitrogen and oxygen atoms in total. The summed E-state index contributed by atoms with van der Waals surface area (Å²) in [5.74, 6) is 0.424. The summed E-state index contributed by atoms with van der Waals surface area (Å²) in [6.45, 7) is 6.65. The predicted molar refractivity (Wildman–Crippen MR) is 117 cm³/mol. The van der Waals surface area contributed by atoms with E-state index in [1.54, 1.807) is 0 Å². The fourth-order valence-corrected chi connectivity index (χ4v) is 13.4. The second kappa shape index (κ2) is 12.0. The van der Waals surface area contributed by atoms with Crippen LogP contribution in [-0.2, 0) is 0 Å². The Morgan fingerprint density at radius 1 is 0.640 bits per heavy atom. The first kappa shape index (κ1) is 24.3. The van der Waals surface area contributed by atoms with Gasteiger partial charge in [0.05, 0.1) is 0 Å². The number of benzene rings is 1. The molecule has 0 aliphatic carbocycles. The summed E-state index contributed by atoms with van der Waals surface area (Å²) in [6.07, 6.45) is 7.66. The van der Waals surface area contributed by atoms with Crippen LogP contribution in [0.15, 0.2) is 0 Å². The first-order chi connectivity index (χ1) is 11.8. The van der Waals surface area contributed by atoms with Gasteiger partial charge in [-0.15, -0.1) is 0 Å². The Morgan fingerprint density at radius 2 is 1.08 bits per heavy atom. The molecule has 0 unspecified atom stereocenters. The number of hydrogen-bond acceptors (Lipinski definition) is 1. The Labute approximate surface area is 182 Å². The number of rotatable bonds is 11. The maximum atomic E-state index is 6.52. The zero-order chi connectivity index (χ0) is 19.0. The fourth-order valence-electron chi connectivity index (χ4n) is 2.92. The summed E-state index contributed by atoms with van der Waals surface area (Å²) in [5.41, 5.74) is 0. The van der Waals surface area contributed by atoms with Gasteiger partial charge in [0.1, 0.15) is 0 Å². The Kier molecular flexibility index (Phi) is 11.6. The third-order valence-electron chi connectivity index (χ3n) is 4.76. The zero-order valence-electron chi connectivity index (χ0n) is 15.2. The summed E-state index contributed by atoms with van der Waals surface area (Å²) < 4.78 is 9.80. The summed E-state index contributed by atoms with van der Waals surface area (Å²) in [5, 5.41) is 1.13. The van der Waals surface area contributed by atoms with E-state index < -0.39 is 18.8 Å². The molecule has 0 aliphatic rings. The topological polar surface area (TPSA) is 9.23 Å². The van der Waals surface area contributed by atoms with Gasteiger partial charge in [0, 0.05) is 0 Å². The molecule has 0 fully saturated rings. The van der Waals surface area contributed by atoms with Crippen molar-refractivity contribution >= 4 is 76.8 Å². The summed E-state index contributed by atoms with van der Waals surface area (Å²) in [7, 11) is 0. The van der Waals surface area contributed by atoms with Crippen LogP contribution in [0.1, 0.15) is 59.3 Å². The van der Waals surface area contributed by atoms with Crippen molar-refractivity contribution in [3.8, 4) is 5.75 Å². The van der Waals surface area contributed by atoms with Crippen LogP contribution in [0.3, 0.4) is 0 Å². The number of unbranched alkanes of at least 4 members (excludes halogenated alkanes) is 5. The normalized spacial score (nSPS) is 11.8. The Hall–Kier alpha value is 1.27. The number of hydrogen-bond donors (Lipinski definition) is 0. The summed E-state index contributed by atoms with van der Waals surface area (Å²) in [4.78, 5) is 0. The molecule has 0 atom stereocenters. The van der Waals surface area contributed by atoms with Crippen LogP contribution in [0.2, 0.25) is 38.4 Å². The molecule has 0 aliphatic heterocycles. The van der Waals surface area contributed by atoms with Crippen molar-refractivity contribution in [3.63, 3.8) is 0 Å². The van der Waals surface area contributed by atoms with Gasteiger partial charge in [-0.25, -0.2) is 0 Å². The van der Waals surface area contributed by atoms with E-state index in [0.29, 0.717) is 5.75 Å². The van der Waals surface area contributed by atoms with Crippen LogP contribution < -0.4 is 3.07 Å². The van der Waals surface area contributed by atoms with Gasteiger partial charge in [0.15, 0.2) is 0 Å². The van der Waals surface area contributed by atoms with Gasteiger partial charge in [-0.2, -0.15) is 0 Å². The van der Waals surface area contributed by atoms with Crippen molar-refractivity contribution in [2.24, 2.45) is 0 Å². The number of halogens is 5. The Bertz CT molecular complexity index is 532. The molecule has 25 heavy (non-hydrogen) atoms. The van der Waals surface area contributed by atoms with E-state index in [1.807, 2.05) is 0 Å². The van der Waals surface area contributed by atoms with E-state index >= 15 is 0 Å². The molecule has 0 radical (unpaired) electrons. The Morgan fingerprint density at radius 3 is 1.56 bits per heavy atom. The van der Waals surface area contributed by atoms with Gasteiger partial charge in [-0.1, -0.05) is 0 Å². The average molecular weight is 555 g/mol. The first-order valence-electron chi connectivity index (χ1n) is 9.04.